The Morgan fingerprint density at radius 2 is 1.63 bits per heavy atom. The average Bonchev–Trinajstić information content (AvgIpc) is 3.08. The molecule has 5 nitrogen and oxygen atoms in total. The van der Waals surface area contributed by atoms with Crippen LogP contribution in [0.1, 0.15) is 15.9 Å². The first-order valence-electron chi connectivity index (χ1n) is 8.51. The summed E-state index contributed by atoms with van der Waals surface area (Å²) in [6, 6.07) is 24.2. The average molecular weight is 355 g/mol. The van der Waals surface area contributed by atoms with E-state index >= 15 is 0 Å². The van der Waals surface area contributed by atoms with E-state index < -0.39 is 5.91 Å². The molecule has 0 saturated heterocycles. The molecule has 132 valence electrons. The van der Waals surface area contributed by atoms with Crippen molar-refractivity contribution in [1.29, 1.82) is 0 Å². The van der Waals surface area contributed by atoms with E-state index in [0.717, 1.165) is 27.7 Å². The van der Waals surface area contributed by atoms with Crippen LogP contribution in [0.4, 0.5) is 0 Å². The Labute approximate surface area is 156 Å². The van der Waals surface area contributed by atoms with Crippen LogP contribution in [0.15, 0.2) is 84.0 Å². The van der Waals surface area contributed by atoms with Gasteiger partial charge in [-0.1, -0.05) is 60.7 Å². The first-order chi connectivity index (χ1) is 13.2. The quantitative estimate of drug-likeness (QED) is 0.377. The van der Waals surface area contributed by atoms with Gasteiger partial charge in [-0.15, -0.1) is 0 Å². The number of amides is 1. The van der Waals surface area contributed by atoms with Gasteiger partial charge in [-0.3, -0.25) is 4.79 Å². The van der Waals surface area contributed by atoms with Crippen LogP contribution in [-0.4, -0.2) is 22.2 Å². The number of H-pyrrole nitrogens is 1. The standard InChI is InChI=1S/C22H17N3O2/c26-20-13-7-5-11-17(20)22(27)25-23-14-18-16-10-4-6-12-19(16)24-21(18)15-8-2-1-3-9-15/h1-14,24,26H,(H,25,27)/b23-14+. The number of fused-ring (bicyclic) bond motifs is 1. The molecule has 0 aliphatic heterocycles. The lowest BCUT2D eigenvalue weighted by Gasteiger charge is -2.03. The monoisotopic (exact) mass is 355 g/mol. The fraction of sp³-hybridized carbons (Fsp3) is 0. The van der Waals surface area contributed by atoms with Crippen LogP contribution in [0.5, 0.6) is 5.75 Å². The molecule has 1 amide bonds. The zero-order valence-electron chi connectivity index (χ0n) is 14.4. The number of nitrogens with zero attached hydrogens (tertiary/aromatic N) is 1. The lowest BCUT2D eigenvalue weighted by atomic mass is 10.1. The van der Waals surface area contributed by atoms with Crippen LogP contribution in [-0.2, 0) is 0 Å². The molecule has 0 radical (unpaired) electrons. The van der Waals surface area contributed by atoms with Crippen molar-refractivity contribution in [3.05, 3.63) is 90.0 Å². The van der Waals surface area contributed by atoms with Gasteiger partial charge in [-0.05, 0) is 23.8 Å². The summed E-state index contributed by atoms with van der Waals surface area (Å²) >= 11 is 0. The number of aromatic hydroxyl groups is 1. The maximum Gasteiger partial charge on any atom is 0.275 e. The van der Waals surface area contributed by atoms with E-state index in [9.17, 15) is 9.90 Å². The van der Waals surface area contributed by atoms with E-state index in [-0.39, 0.29) is 11.3 Å². The van der Waals surface area contributed by atoms with E-state index in [0.29, 0.717) is 0 Å². The number of phenols is 1. The largest absolute Gasteiger partial charge is 0.507 e. The third kappa shape index (κ3) is 3.30. The van der Waals surface area contributed by atoms with Gasteiger partial charge in [0.1, 0.15) is 5.75 Å². The van der Waals surface area contributed by atoms with Gasteiger partial charge in [0, 0.05) is 16.5 Å². The Hall–Kier alpha value is -3.86. The Balaban J connectivity index is 1.68. The summed E-state index contributed by atoms with van der Waals surface area (Å²) in [5.74, 6) is -0.548. The van der Waals surface area contributed by atoms with Gasteiger partial charge in [0.15, 0.2) is 0 Å². The van der Waals surface area contributed by atoms with Crippen molar-refractivity contribution in [3.8, 4) is 17.0 Å². The van der Waals surface area contributed by atoms with E-state index in [1.165, 1.54) is 6.07 Å². The second-order valence-corrected chi connectivity index (χ2v) is 6.04. The number of hydrogen-bond donors (Lipinski definition) is 3. The Kier molecular flexibility index (Phi) is 4.41. The molecular weight excluding hydrogens is 338 g/mol. The van der Waals surface area contributed by atoms with Crippen molar-refractivity contribution in [2.45, 2.75) is 0 Å². The second-order valence-electron chi connectivity index (χ2n) is 6.04. The molecule has 3 aromatic carbocycles. The van der Waals surface area contributed by atoms with Crippen LogP contribution in [0, 0.1) is 0 Å². The maximum absolute atomic E-state index is 12.2. The van der Waals surface area contributed by atoms with Gasteiger partial charge in [0.2, 0.25) is 0 Å². The van der Waals surface area contributed by atoms with E-state index in [4.69, 9.17) is 0 Å². The minimum Gasteiger partial charge on any atom is -0.507 e. The molecule has 5 heteroatoms. The summed E-state index contributed by atoms with van der Waals surface area (Å²) in [6.45, 7) is 0. The number of hydrogen-bond acceptors (Lipinski definition) is 3. The number of rotatable bonds is 4. The highest BCUT2D eigenvalue weighted by Crippen LogP contribution is 2.28. The molecule has 0 fully saturated rings. The number of hydrazone groups is 1. The number of benzene rings is 3. The van der Waals surface area contributed by atoms with Crippen molar-refractivity contribution in [2.24, 2.45) is 5.10 Å². The van der Waals surface area contributed by atoms with Crippen LogP contribution < -0.4 is 5.43 Å². The Morgan fingerprint density at radius 1 is 0.926 bits per heavy atom. The highest BCUT2D eigenvalue weighted by molar-refractivity contribution is 6.06. The van der Waals surface area contributed by atoms with Crippen molar-refractivity contribution in [2.75, 3.05) is 0 Å². The van der Waals surface area contributed by atoms with Crippen LogP contribution in [0.2, 0.25) is 0 Å². The number of phenolic OH excluding ortho intramolecular Hbond substituents is 1. The van der Waals surface area contributed by atoms with Crippen LogP contribution >= 0.6 is 0 Å². The smallest absolute Gasteiger partial charge is 0.275 e. The Morgan fingerprint density at radius 3 is 2.44 bits per heavy atom. The number of aromatic amines is 1. The van der Waals surface area contributed by atoms with Gasteiger partial charge in [-0.25, -0.2) is 5.43 Å². The number of carbonyl (C=O) groups is 1. The molecule has 0 saturated carbocycles. The fourth-order valence-corrected chi connectivity index (χ4v) is 3.01. The molecule has 4 aromatic rings. The summed E-state index contributed by atoms with van der Waals surface area (Å²) in [4.78, 5) is 15.6. The van der Waals surface area contributed by atoms with Crippen molar-refractivity contribution in [1.82, 2.24) is 10.4 Å². The number of carbonyl (C=O) groups excluding carboxylic acids is 1. The second kappa shape index (κ2) is 7.17. The zero-order valence-corrected chi connectivity index (χ0v) is 14.4. The molecule has 4 rings (SSSR count). The highest BCUT2D eigenvalue weighted by Gasteiger charge is 2.12. The lowest BCUT2D eigenvalue weighted by molar-refractivity contribution is 0.0952. The third-order valence-corrected chi connectivity index (χ3v) is 4.32. The van der Waals surface area contributed by atoms with Gasteiger partial charge in [0.05, 0.1) is 17.5 Å². The SMILES string of the molecule is O=C(N/N=C/c1c(-c2ccccc2)[nH]c2ccccc12)c1ccccc1O. The molecule has 0 aliphatic rings. The van der Waals surface area contributed by atoms with Crippen molar-refractivity contribution < 1.29 is 9.90 Å². The minimum atomic E-state index is -0.467. The predicted octanol–water partition coefficient (Wildman–Crippen LogP) is 4.30. The van der Waals surface area contributed by atoms with Crippen LogP contribution in [0.25, 0.3) is 22.2 Å². The van der Waals surface area contributed by atoms with Gasteiger partial charge >= 0.3 is 0 Å². The third-order valence-electron chi connectivity index (χ3n) is 4.32. The predicted molar refractivity (Wildman–Crippen MR) is 107 cm³/mol. The number of para-hydroxylation sites is 2. The molecule has 0 atom stereocenters. The normalized spacial score (nSPS) is 11.1. The molecule has 3 N–H and O–H groups in total. The first kappa shape index (κ1) is 16.6. The fourth-order valence-electron chi connectivity index (χ4n) is 3.01. The molecular formula is C22H17N3O2. The first-order valence-corrected chi connectivity index (χ1v) is 8.51. The van der Waals surface area contributed by atoms with E-state index in [1.807, 2.05) is 54.6 Å². The zero-order chi connectivity index (χ0) is 18.6. The molecule has 0 unspecified atom stereocenters. The summed E-state index contributed by atoms with van der Waals surface area (Å²) < 4.78 is 0. The molecule has 27 heavy (non-hydrogen) atoms. The topological polar surface area (TPSA) is 77.5 Å². The van der Waals surface area contributed by atoms with Gasteiger partial charge < -0.3 is 10.1 Å². The summed E-state index contributed by atoms with van der Waals surface area (Å²) in [5, 5.41) is 14.9. The maximum atomic E-state index is 12.2. The lowest BCUT2D eigenvalue weighted by Crippen LogP contribution is -2.17. The minimum absolute atomic E-state index is 0.0812. The summed E-state index contributed by atoms with van der Waals surface area (Å²) in [6.07, 6.45) is 1.62. The van der Waals surface area contributed by atoms with Gasteiger partial charge in [-0.2, -0.15) is 5.10 Å². The molecule has 1 heterocycles. The van der Waals surface area contributed by atoms with Crippen molar-refractivity contribution in [3.63, 3.8) is 0 Å². The van der Waals surface area contributed by atoms with Crippen LogP contribution in [0.3, 0.4) is 0 Å². The molecule has 0 bridgehead atoms. The molecule has 1 aromatic heterocycles. The van der Waals surface area contributed by atoms with Crippen molar-refractivity contribution >= 4 is 23.0 Å². The summed E-state index contributed by atoms with van der Waals surface area (Å²) in [7, 11) is 0. The van der Waals surface area contributed by atoms with Gasteiger partial charge in [0.25, 0.3) is 5.91 Å². The Bertz CT molecular complexity index is 1130. The van der Waals surface area contributed by atoms with E-state index in [1.54, 1.807) is 24.4 Å². The summed E-state index contributed by atoms with van der Waals surface area (Å²) in [5.41, 5.74) is 6.49. The molecule has 0 aliphatic carbocycles. The highest BCUT2D eigenvalue weighted by atomic mass is 16.3. The van der Waals surface area contributed by atoms with E-state index in [2.05, 4.69) is 15.5 Å². The molecule has 0 spiro atoms. The number of aromatic nitrogens is 1. The number of nitrogens with one attached hydrogen (secondary N) is 2.